The fourth-order valence-corrected chi connectivity index (χ4v) is 3.51. The zero-order valence-electron chi connectivity index (χ0n) is 14.6. The molecule has 132 valence electrons. The normalized spacial score (nSPS) is 25.2. The minimum Gasteiger partial charge on any atom is -0.481 e. The van der Waals surface area contributed by atoms with Crippen molar-refractivity contribution in [3.8, 4) is 0 Å². The van der Waals surface area contributed by atoms with Gasteiger partial charge in [0, 0.05) is 6.42 Å². The number of carboxylic acid groups (broad SMARTS) is 1. The van der Waals surface area contributed by atoms with Crippen LogP contribution in [0.2, 0.25) is 0 Å². The summed E-state index contributed by atoms with van der Waals surface area (Å²) in [5, 5.41) is 9.08. The quantitative estimate of drug-likeness (QED) is 0.919. The zero-order valence-corrected chi connectivity index (χ0v) is 14.6. The Kier molecular flexibility index (Phi) is 5.78. The molecule has 24 heavy (non-hydrogen) atoms. The largest absolute Gasteiger partial charge is 0.481 e. The van der Waals surface area contributed by atoms with Crippen LogP contribution in [0.1, 0.15) is 51.2 Å². The highest BCUT2D eigenvalue weighted by molar-refractivity contribution is 5.92. The van der Waals surface area contributed by atoms with E-state index in [1.165, 1.54) is 0 Å². The van der Waals surface area contributed by atoms with E-state index in [1.54, 1.807) is 6.07 Å². The predicted molar refractivity (Wildman–Crippen MR) is 90.0 cm³/mol. The van der Waals surface area contributed by atoms with E-state index in [0.717, 1.165) is 5.56 Å². The van der Waals surface area contributed by atoms with Crippen LogP contribution in [0.4, 0.5) is 0 Å². The molecule has 1 heterocycles. The van der Waals surface area contributed by atoms with E-state index in [-0.39, 0.29) is 18.6 Å². The average molecular weight is 334 g/mol. The van der Waals surface area contributed by atoms with Crippen molar-refractivity contribution in [2.45, 2.75) is 57.7 Å². The summed E-state index contributed by atoms with van der Waals surface area (Å²) in [6.07, 6.45) is 1.40. The standard InChI is InChI=1S/C17H20O5.C2H6/c1-16(13-5-3-2-4-12(13)10-15(19)20)6-7-17(11-14(16)18)21-8-9-22-17;1-2/h2-5H,6-11H2,1H3,(H,19,20);1-2H3. The van der Waals surface area contributed by atoms with Crippen molar-refractivity contribution in [2.75, 3.05) is 13.2 Å². The molecule has 1 saturated heterocycles. The van der Waals surface area contributed by atoms with Crippen LogP contribution >= 0.6 is 0 Å². The number of hydrogen-bond acceptors (Lipinski definition) is 4. The van der Waals surface area contributed by atoms with Gasteiger partial charge in [-0.1, -0.05) is 38.1 Å². The lowest BCUT2D eigenvalue weighted by molar-refractivity contribution is -0.187. The molecule has 0 amide bonds. The van der Waals surface area contributed by atoms with Gasteiger partial charge >= 0.3 is 5.97 Å². The molecule has 1 aliphatic heterocycles. The van der Waals surface area contributed by atoms with Crippen molar-refractivity contribution in [3.05, 3.63) is 35.4 Å². The van der Waals surface area contributed by atoms with Crippen LogP contribution in [0.25, 0.3) is 0 Å². The number of rotatable bonds is 3. The van der Waals surface area contributed by atoms with Crippen LogP contribution in [-0.4, -0.2) is 35.9 Å². The number of Topliss-reactive ketones (excluding diaryl/α,β-unsaturated/α-hetero) is 1. The predicted octanol–water partition coefficient (Wildman–Crippen LogP) is 3.09. The van der Waals surface area contributed by atoms with Gasteiger partial charge < -0.3 is 14.6 Å². The first-order valence-electron chi connectivity index (χ1n) is 8.57. The summed E-state index contributed by atoms with van der Waals surface area (Å²) in [5.41, 5.74) is 0.845. The van der Waals surface area contributed by atoms with Crippen molar-refractivity contribution in [2.24, 2.45) is 0 Å². The zero-order chi connectivity index (χ0) is 17.8. The fourth-order valence-electron chi connectivity index (χ4n) is 3.51. The number of carbonyl (C=O) groups is 2. The van der Waals surface area contributed by atoms with Crippen LogP contribution in [0.3, 0.4) is 0 Å². The highest BCUT2D eigenvalue weighted by Gasteiger charge is 2.50. The van der Waals surface area contributed by atoms with Crippen LogP contribution in [0.15, 0.2) is 24.3 Å². The number of carbonyl (C=O) groups excluding carboxylic acids is 1. The maximum Gasteiger partial charge on any atom is 0.307 e. The molecule has 0 bridgehead atoms. The Balaban J connectivity index is 0.00000100. The van der Waals surface area contributed by atoms with Gasteiger partial charge in [0.2, 0.25) is 0 Å². The van der Waals surface area contributed by atoms with Gasteiger partial charge in [-0.05, 0) is 24.5 Å². The molecular weight excluding hydrogens is 308 g/mol. The number of hydrogen-bond donors (Lipinski definition) is 1. The second kappa shape index (κ2) is 7.45. The Labute approximate surface area is 143 Å². The lowest BCUT2D eigenvalue weighted by Crippen LogP contribution is -2.48. The van der Waals surface area contributed by atoms with E-state index in [9.17, 15) is 9.59 Å². The Morgan fingerprint density at radius 1 is 1.17 bits per heavy atom. The molecule has 0 aromatic heterocycles. The summed E-state index contributed by atoms with van der Waals surface area (Å²) in [7, 11) is 0. The van der Waals surface area contributed by atoms with Gasteiger partial charge in [-0.15, -0.1) is 0 Å². The van der Waals surface area contributed by atoms with Crippen molar-refractivity contribution in [1.29, 1.82) is 0 Å². The molecule has 2 fully saturated rings. The van der Waals surface area contributed by atoms with Crippen LogP contribution in [-0.2, 0) is 30.9 Å². The lowest BCUT2D eigenvalue weighted by atomic mass is 9.67. The van der Waals surface area contributed by atoms with Gasteiger partial charge in [0.25, 0.3) is 0 Å². The minimum atomic E-state index is -0.891. The number of ether oxygens (including phenoxy) is 2. The van der Waals surface area contributed by atoms with E-state index in [0.29, 0.717) is 31.6 Å². The molecule has 2 aliphatic rings. The second-order valence-electron chi connectivity index (χ2n) is 6.27. The molecule has 1 saturated carbocycles. The molecule has 1 aromatic carbocycles. The third kappa shape index (κ3) is 3.52. The molecule has 1 unspecified atom stereocenters. The summed E-state index contributed by atoms with van der Waals surface area (Å²) in [4.78, 5) is 23.9. The summed E-state index contributed by atoms with van der Waals surface area (Å²) in [6.45, 7) is 6.96. The maximum atomic E-state index is 12.8. The molecule has 1 aromatic rings. The van der Waals surface area contributed by atoms with E-state index in [1.807, 2.05) is 39.0 Å². The van der Waals surface area contributed by atoms with Gasteiger partial charge in [0.05, 0.1) is 31.5 Å². The second-order valence-corrected chi connectivity index (χ2v) is 6.27. The van der Waals surface area contributed by atoms with Crippen molar-refractivity contribution in [3.63, 3.8) is 0 Å². The third-order valence-electron chi connectivity index (χ3n) is 4.82. The van der Waals surface area contributed by atoms with Crippen molar-refractivity contribution >= 4 is 11.8 Å². The number of aliphatic carboxylic acids is 1. The minimum absolute atomic E-state index is 0.0542. The molecule has 1 N–H and O–H groups in total. The first-order valence-corrected chi connectivity index (χ1v) is 8.57. The topological polar surface area (TPSA) is 72.8 Å². The third-order valence-corrected chi connectivity index (χ3v) is 4.82. The Bertz CT molecular complexity index is 604. The molecule has 1 spiro atoms. The van der Waals surface area contributed by atoms with Crippen LogP contribution < -0.4 is 0 Å². The first-order chi connectivity index (χ1) is 11.5. The van der Waals surface area contributed by atoms with Gasteiger partial charge in [-0.2, -0.15) is 0 Å². The summed E-state index contributed by atoms with van der Waals surface area (Å²) in [6, 6.07) is 7.31. The van der Waals surface area contributed by atoms with Crippen molar-refractivity contribution < 1.29 is 24.2 Å². The van der Waals surface area contributed by atoms with E-state index >= 15 is 0 Å². The highest BCUT2D eigenvalue weighted by Crippen LogP contribution is 2.44. The van der Waals surface area contributed by atoms with E-state index < -0.39 is 17.2 Å². The number of carboxylic acids is 1. The molecule has 1 atom stereocenters. The average Bonchev–Trinajstić information content (AvgIpc) is 3.02. The molecular formula is C19H26O5. The molecule has 5 heteroatoms. The Hall–Kier alpha value is -1.72. The van der Waals surface area contributed by atoms with Crippen LogP contribution in [0, 0.1) is 0 Å². The Morgan fingerprint density at radius 2 is 1.79 bits per heavy atom. The molecule has 1 aliphatic carbocycles. The van der Waals surface area contributed by atoms with Gasteiger partial charge in [0.1, 0.15) is 5.78 Å². The Morgan fingerprint density at radius 3 is 2.38 bits per heavy atom. The van der Waals surface area contributed by atoms with Gasteiger partial charge in [-0.3, -0.25) is 9.59 Å². The fraction of sp³-hybridized carbons (Fsp3) is 0.579. The van der Waals surface area contributed by atoms with Gasteiger partial charge in [0.15, 0.2) is 5.79 Å². The molecule has 5 nitrogen and oxygen atoms in total. The first kappa shape index (κ1) is 18.6. The SMILES string of the molecule is CC.CC1(c2ccccc2CC(=O)O)CCC2(CC1=O)OCCO2. The number of benzene rings is 1. The lowest BCUT2D eigenvalue weighted by Gasteiger charge is -2.41. The van der Waals surface area contributed by atoms with Crippen molar-refractivity contribution in [1.82, 2.24) is 0 Å². The maximum absolute atomic E-state index is 12.8. The van der Waals surface area contributed by atoms with Gasteiger partial charge in [-0.25, -0.2) is 0 Å². The van der Waals surface area contributed by atoms with Crippen LogP contribution in [0.5, 0.6) is 0 Å². The number of ketones is 1. The summed E-state index contributed by atoms with van der Waals surface area (Å²) in [5.74, 6) is -1.59. The summed E-state index contributed by atoms with van der Waals surface area (Å²) >= 11 is 0. The molecule has 0 radical (unpaired) electrons. The van der Waals surface area contributed by atoms with E-state index in [4.69, 9.17) is 14.6 Å². The summed E-state index contributed by atoms with van der Waals surface area (Å²) < 4.78 is 11.3. The highest BCUT2D eigenvalue weighted by atomic mass is 16.7. The monoisotopic (exact) mass is 334 g/mol. The molecule has 3 rings (SSSR count). The van der Waals surface area contributed by atoms with E-state index in [2.05, 4.69) is 0 Å². The smallest absolute Gasteiger partial charge is 0.307 e.